The molecule has 0 bridgehead atoms. The maximum atomic E-state index is 11.2. The molecule has 1 N–H and O–H groups in total. The Labute approximate surface area is 64.8 Å². The molecule has 11 heavy (non-hydrogen) atoms. The van der Waals surface area contributed by atoms with Crippen LogP contribution in [-0.2, 0) is 4.79 Å². The monoisotopic (exact) mass is 154 g/mol. The van der Waals surface area contributed by atoms with Gasteiger partial charge in [-0.1, -0.05) is 0 Å². The maximum absolute atomic E-state index is 11.2. The molecule has 5 heteroatoms. The highest BCUT2D eigenvalue weighted by Crippen LogP contribution is 1.96. The van der Waals surface area contributed by atoms with Crippen LogP contribution in [0.1, 0.15) is 0 Å². The van der Waals surface area contributed by atoms with Gasteiger partial charge in [0.1, 0.15) is 0 Å². The number of hydrogen-bond donors (Lipinski definition) is 1. The summed E-state index contributed by atoms with van der Waals surface area (Å²) in [5.74, 6) is 0.383. The molecule has 0 radical (unpaired) electrons. The van der Waals surface area contributed by atoms with E-state index in [4.69, 9.17) is 0 Å². The van der Waals surface area contributed by atoms with E-state index in [0.29, 0.717) is 11.5 Å². The van der Waals surface area contributed by atoms with Gasteiger partial charge in [0.25, 0.3) is 5.91 Å². The summed E-state index contributed by atoms with van der Waals surface area (Å²) in [5, 5.41) is 1.35. The number of amidine groups is 1. The first-order valence-electron chi connectivity index (χ1n) is 3.19. The van der Waals surface area contributed by atoms with Crippen molar-refractivity contribution in [3.8, 4) is 0 Å². The average molecular weight is 154 g/mol. The van der Waals surface area contributed by atoms with E-state index in [-0.39, 0.29) is 5.91 Å². The summed E-state index contributed by atoms with van der Waals surface area (Å²) in [6, 6.07) is 0. The summed E-state index contributed by atoms with van der Waals surface area (Å²) in [4.78, 5) is 18.8. The zero-order valence-corrected chi connectivity index (χ0v) is 6.75. The predicted octanol–water partition coefficient (Wildman–Crippen LogP) is -0.938. The highest BCUT2D eigenvalue weighted by atomic mass is 16.2. The Bertz CT molecular complexity index is 243. The molecule has 0 unspecified atom stereocenters. The number of carbonyl (C=O) groups is 1. The standard InChI is InChI=1S/C6H10N4O/c1-7-4-5(8-2)9-10(3)6(4)11/h1-3H3,(H,8,9). The van der Waals surface area contributed by atoms with Crippen LogP contribution in [0.3, 0.4) is 0 Å². The second-order valence-corrected chi connectivity index (χ2v) is 2.12. The Morgan fingerprint density at radius 3 is 2.36 bits per heavy atom. The van der Waals surface area contributed by atoms with E-state index < -0.39 is 0 Å². The topological polar surface area (TPSA) is 57.1 Å². The van der Waals surface area contributed by atoms with Crippen molar-refractivity contribution in [2.75, 3.05) is 21.1 Å². The smallest absolute Gasteiger partial charge is 0.280 e. The van der Waals surface area contributed by atoms with E-state index in [0.717, 1.165) is 0 Å². The SMILES string of the molecule is CN=C1NN(C)C(=O)C1=NC. The maximum Gasteiger partial charge on any atom is 0.294 e. The predicted molar refractivity (Wildman–Crippen MR) is 42.6 cm³/mol. The second-order valence-electron chi connectivity index (χ2n) is 2.12. The summed E-state index contributed by atoms with van der Waals surface area (Å²) in [7, 11) is 4.81. The van der Waals surface area contributed by atoms with Crippen LogP contribution in [0, 0.1) is 0 Å². The van der Waals surface area contributed by atoms with Crippen molar-refractivity contribution >= 4 is 17.5 Å². The minimum Gasteiger partial charge on any atom is -0.280 e. The fraction of sp³-hybridized carbons (Fsp3) is 0.500. The quantitative estimate of drug-likeness (QED) is 0.489. The molecule has 0 atom stereocenters. The number of rotatable bonds is 0. The molecule has 1 saturated heterocycles. The Balaban J connectivity index is 3.01. The zero-order chi connectivity index (χ0) is 8.43. The number of nitrogens with one attached hydrogen (secondary N) is 1. The minimum absolute atomic E-state index is 0.145. The lowest BCUT2D eigenvalue weighted by molar-refractivity contribution is -0.123. The number of hydrazine groups is 1. The number of amides is 1. The molecule has 0 aromatic carbocycles. The van der Waals surface area contributed by atoms with Gasteiger partial charge in [-0.25, -0.2) is 0 Å². The van der Waals surface area contributed by atoms with Crippen LogP contribution in [0.4, 0.5) is 0 Å². The third kappa shape index (κ3) is 1.09. The number of hydrogen-bond acceptors (Lipinski definition) is 3. The first kappa shape index (κ1) is 7.71. The van der Waals surface area contributed by atoms with Crippen LogP contribution < -0.4 is 5.43 Å². The van der Waals surface area contributed by atoms with Gasteiger partial charge in [0, 0.05) is 21.1 Å². The van der Waals surface area contributed by atoms with E-state index in [9.17, 15) is 4.79 Å². The van der Waals surface area contributed by atoms with Gasteiger partial charge in [0.2, 0.25) is 0 Å². The van der Waals surface area contributed by atoms with Crippen molar-refractivity contribution in [2.24, 2.45) is 9.98 Å². The van der Waals surface area contributed by atoms with Crippen molar-refractivity contribution < 1.29 is 4.79 Å². The first-order valence-corrected chi connectivity index (χ1v) is 3.19. The van der Waals surface area contributed by atoms with Crippen molar-refractivity contribution in [3.63, 3.8) is 0 Å². The van der Waals surface area contributed by atoms with E-state index in [1.807, 2.05) is 0 Å². The minimum atomic E-state index is -0.145. The summed E-state index contributed by atoms with van der Waals surface area (Å²) in [6.45, 7) is 0. The van der Waals surface area contributed by atoms with Crippen LogP contribution in [0.5, 0.6) is 0 Å². The van der Waals surface area contributed by atoms with Crippen LogP contribution in [0.25, 0.3) is 0 Å². The lowest BCUT2D eigenvalue weighted by atomic mass is 10.3. The molecule has 1 fully saturated rings. The molecular formula is C6H10N4O. The second kappa shape index (κ2) is 2.69. The van der Waals surface area contributed by atoms with E-state index in [2.05, 4.69) is 15.4 Å². The van der Waals surface area contributed by atoms with Gasteiger partial charge in [-0.05, 0) is 0 Å². The molecule has 0 aromatic heterocycles. The molecule has 0 aromatic rings. The molecular weight excluding hydrogens is 144 g/mol. The lowest BCUT2D eigenvalue weighted by Crippen LogP contribution is -2.31. The van der Waals surface area contributed by atoms with Crippen molar-refractivity contribution in [1.82, 2.24) is 10.4 Å². The van der Waals surface area contributed by atoms with E-state index >= 15 is 0 Å². The Morgan fingerprint density at radius 2 is 2.00 bits per heavy atom. The third-order valence-corrected chi connectivity index (χ3v) is 1.45. The first-order chi connectivity index (χ1) is 5.20. The number of nitrogens with zero attached hydrogens (tertiary/aromatic N) is 3. The lowest BCUT2D eigenvalue weighted by Gasteiger charge is -2.04. The Morgan fingerprint density at radius 1 is 1.36 bits per heavy atom. The van der Waals surface area contributed by atoms with Crippen molar-refractivity contribution in [2.45, 2.75) is 0 Å². The van der Waals surface area contributed by atoms with E-state index in [1.54, 1.807) is 21.1 Å². The molecule has 0 aliphatic carbocycles. The Kier molecular flexibility index (Phi) is 1.89. The molecule has 1 aliphatic heterocycles. The normalized spacial score (nSPS) is 25.0. The highest BCUT2D eigenvalue weighted by molar-refractivity contribution is 6.68. The molecule has 0 spiro atoms. The van der Waals surface area contributed by atoms with Crippen molar-refractivity contribution in [1.29, 1.82) is 0 Å². The van der Waals surface area contributed by atoms with Gasteiger partial charge in [-0.15, -0.1) is 0 Å². The summed E-state index contributed by atoms with van der Waals surface area (Å²) in [5.41, 5.74) is 3.14. The van der Waals surface area contributed by atoms with Crippen LogP contribution >= 0.6 is 0 Å². The molecule has 1 heterocycles. The van der Waals surface area contributed by atoms with Crippen LogP contribution in [0.15, 0.2) is 9.98 Å². The van der Waals surface area contributed by atoms with Gasteiger partial charge in [-0.3, -0.25) is 25.2 Å². The van der Waals surface area contributed by atoms with E-state index in [1.165, 1.54) is 5.01 Å². The van der Waals surface area contributed by atoms with Crippen LogP contribution in [-0.4, -0.2) is 43.6 Å². The fourth-order valence-electron chi connectivity index (χ4n) is 0.880. The summed E-state index contributed by atoms with van der Waals surface area (Å²) < 4.78 is 0. The summed E-state index contributed by atoms with van der Waals surface area (Å²) >= 11 is 0. The zero-order valence-electron chi connectivity index (χ0n) is 6.75. The average Bonchev–Trinajstić information content (AvgIpc) is 2.28. The van der Waals surface area contributed by atoms with Crippen molar-refractivity contribution in [3.05, 3.63) is 0 Å². The molecule has 1 rings (SSSR count). The Hall–Kier alpha value is -1.39. The summed E-state index contributed by atoms with van der Waals surface area (Å²) in [6.07, 6.45) is 0. The number of carbonyl (C=O) groups excluding carboxylic acids is 1. The van der Waals surface area contributed by atoms with Gasteiger partial charge in [0.05, 0.1) is 0 Å². The van der Waals surface area contributed by atoms with Gasteiger partial charge >= 0.3 is 0 Å². The fourth-order valence-corrected chi connectivity index (χ4v) is 0.880. The molecule has 60 valence electrons. The highest BCUT2D eigenvalue weighted by Gasteiger charge is 2.29. The van der Waals surface area contributed by atoms with Gasteiger partial charge in [0.15, 0.2) is 11.5 Å². The third-order valence-electron chi connectivity index (χ3n) is 1.45. The molecule has 1 aliphatic rings. The molecule has 1 amide bonds. The van der Waals surface area contributed by atoms with Crippen LogP contribution in [0.2, 0.25) is 0 Å². The van der Waals surface area contributed by atoms with Gasteiger partial charge in [-0.2, -0.15) is 0 Å². The largest absolute Gasteiger partial charge is 0.294 e. The molecule has 0 saturated carbocycles. The van der Waals surface area contributed by atoms with Gasteiger partial charge < -0.3 is 0 Å². The molecule has 5 nitrogen and oxygen atoms in total. The number of aliphatic imine (C=N–C) groups is 2.